The van der Waals surface area contributed by atoms with E-state index in [4.69, 9.17) is 16.3 Å². The highest BCUT2D eigenvalue weighted by Crippen LogP contribution is 2.18. The van der Waals surface area contributed by atoms with E-state index in [1.165, 1.54) is 0 Å². The Kier molecular flexibility index (Phi) is 10.3. The van der Waals surface area contributed by atoms with Crippen LogP contribution in [0.5, 0.6) is 5.75 Å². The second kappa shape index (κ2) is 11.9. The number of aliphatic imine (C=N–C) groups is 1. The van der Waals surface area contributed by atoms with E-state index >= 15 is 0 Å². The third-order valence-electron chi connectivity index (χ3n) is 3.57. The average molecular weight is 493 g/mol. The number of nitrogens with one attached hydrogen (secondary N) is 2. The molecule has 26 heavy (non-hydrogen) atoms. The fourth-order valence-electron chi connectivity index (χ4n) is 2.31. The summed E-state index contributed by atoms with van der Waals surface area (Å²) in [5, 5.41) is 15.2. The molecule has 2 aromatic rings. The summed E-state index contributed by atoms with van der Waals surface area (Å²) in [5.41, 5.74) is 0. The molecule has 0 spiro atoms. The summed E-state index contributed by atoms with van der Waals surface area (Å²) in [6.07, 6.45) is 2.59. The van der Waals surface area contributed by atoms with Crippen molar-refractivity contribution in [2.24, 2.45) is 4.99 Å². The summed E-state index contributed by atoms with van der Waals surface area (Å²) in [6, 6.07) is 7.38. The van der Waals surface area contributed by atoms with Gasteiger partial charge in [0.25, 0.3) is 0 Å². The lowest BCUT2D eigenvalue weighted by atomic mass is 10.3. The lowest BCUT2D eigenvalue weighted by molar-refractivity contribution is 0.224. The Morgan fingerprint density at radius 2 is 2.19 bits per heavy atom. The molecule has 0 amide bonds. The molecule has 0 aliphatic carbocycles. The second-order valence-electron chi connectivity index (χ2n) is 5.56. The lowest BCUT2D eigenvalue weighted by Gasteiger charge is -2.18. The molecule has 0 saturated carbocycles. The molecule has 1 unspecified atom stereocenters. The minimum Gasteiger partial charge on any atom is -0.489 e. The molecule has 1 heterocycles. The Labute approximate surface area is 176 Å². The van der Waals surface area contributed by atoms with Gasteiger partial charge in [-0.1, -0.05) is 24.6 Å². The van der Waals surface area contributed by atoms with Crippen molar-refractivity contribution < 1.29 is 4.74 Å². The van der Waals surface area contributed by atoms with Crippen molar-refractivity contribution in [1.29, 1.82) is 0 Å². The maximum absolute atomic E-state index is 5.96. The van der Waals surface area contributed by atoms with Crippen molar-refractivity contribution >= 4 is 41.5 Å². The number of halogens is 2. The standard InChI is InChI=1S/C17H25ClN6O.HI/c1-4-16-23-22-12-24(16)9-8-20-17(19-3)21-11-13(2)25-15-7-5-6-14(18)10-15;/h5-7,10,12-13H,4,8-9,11H2,1-3H3,(H2,19,20,21);1H. The summed E-state index contributed by atoms with van der Waals surface area (Å²) in [7, 11) is 1.74. The maximum atomic E-state index is 5.96. The van der Waals surface area contributed by atoms with Crippen LogP contribution in [-0.4, -0.2) is 47.0 Å². The van der Waals surface area contributed by atoms with Gasteiger partial charge in [0.15, 0.2) is 5.96 Å². The predicted octanol–water partition coefficient (Wildman–Crippen LogP) is 2.74. The first-order chi connectivity index (χ1) is 12.1. The predicted molar refractivity (Wildman–Crippen MR) is 116 cm³/mol. The fourth-order valence-corrected chi connectivity index (χ4v) is 2.49. The molecular weight excluding hydrogens is 467 g/mol. The van der Waals surface area contributed by atoms with Crippen molar-refractivity contribution in [3.63, 3.8) is 0 Å². The van der Waals surface area contributed by atoms with Crippen molar-refractivity contribution in [1.82, 2.24) is 25.4 Å². The summed E-state index contributed by atoms with van der Waals surface area (Å²) in [4.78, 5) is 4.22. The van der Waals surface area contributed by atoms with Crippen LogP contribution >= 0.6 is 35.6 Å². The topological polar surface area (TPSA) is 76.4 Å². The Hall–Kier alpha value is -1.55. The molecule has 9 heteroatoms. The normalized spacial score (nSPS) is 12.2. The summed E-state index contributed by atoms with van der Waals surface area (Å²) in [5.74, 6) is 2.46. The van der Waals surface area contributed by atoms with Gasteiger partial charge in [0.1, 0.15) is 24.0 Å². The van der Waals surface area contributed by atoms with E-state index in [1.807, 2.05) is 29.7 Å². The van der Waals surface area contributed by atoms with Gasteiger partial charge in [-0.05, 0) is 25.1 Å². The molecule has 0 fully saturated rings. The highest BCUT2D eigenvalue weighted by atomic mass is 127. The van der Waals surface area contributed by atoms with Crippen LogP contribution in [0.25, 0.3) is 0 Å². The number of hydrogen-bond acceptors (Lipinski definition) is 4. The quantitative estimate of drug-likeness (QED) is 0.337. The van der Waals surface area contributed by atoms with Crippen molar-refractivity contribution in [2.45, 2.75) is 32.9 Å². The van der Waals surface area contributed by atoms with Crippen LogP contribution in [0.4, 0.5) is 0 Å². The van der Waals surface area contributed by atoms with E-state index in [0.717, 1.165) is 37.0 Å². The Morgan fingerprint density at radius 3 is 2.88 bits per heavy atom. The van der Waals surface area contributed by atoms with Gasteiger partial charge >= 0.3 is 0 Å². The Balaban J connectivity index is 0.00000338. The largest absolute Gasteiger partial charge is 0.489 e. The van der Waals surface area contributed by atoms with Gasteiger partial charge in [-0.25, -0.2) is 0 Å². The molecule has 0 aliphatic rings. The van der Waals surface area contributed by atoms with Crippen LogP contribution in [0.3, 0.4) is 0 Å². The molecule has 2 rings (SSSR count). The number of benzene rings is 1. The van der Waals surface area contributed by atoms with Crippen LogP contribution in [0.1, 0.15) is 19.7 Å². The van der Waals surface area contributed by atoms with Gasteiger partial charge in [0.05, 0.1) is 6.54 Å². The fraction of sp³-hybridized carbons (Fsp3) is 0.471. The van der Waals surface area contributed by atoms with Gasteiger partial charge in [0, 0.05) is 31.6 Å². The van der Waals surface area contributed by atoms with Gasteiger partial charge in [0.2, 0.25) is 0 Å². The van der Waals surface area contributed by atoms with Crippen LogP contribution < -0.4 is 15.4 Å². The molecule has 0 bridgehead atoms. The summed E-state index contributed by atoms with van der Waals surface area (Å²) < 4.78 is 7.87. The number of rotatable bonds is 8. The van der Waals surface area contributed by atoms with E-state index in [0.29, 0.717) is 11.6 Å². The number of hydrogen-bond donors (Lipinski definition) is 2. The molecule has 0 saturated heterocycles. The third kappa shape index (κ3) is 7.36. The molecule has 7 nitrogen and oxygen atoms in total. The number of guanidine groups is 1. The smallest absolute Gasteiger partial charge is 0.191 e. The number of aryl methyl sites for hydroxylation is 1. The molecule has 1 aromatic carbocycles. The van der Waals surface area contributed by atoms with Crippen molar-refractivity contribution in [2.75, 3.05) is 20.1 Å². The van der Waals surface area contributed by atoms with Crippen molar-refractivity contribution in [3.8, 4) is 5.75 Å². The minimum absolute atomic E-state index is 0. The zero-order valence-electron chi connectivity index (χ0n) is 15.3. The number of nitrogens with zero attached hydrogens (tertiary/aromatic N) is 4. The van der Waals surface area contributed by atoms with Gasteiger partial charge in [-0.2, -0.15) is 0 Å². The Morgan fingerprint density at radius 1 is 1.38 bits per heavy atom. The first kappa shape index (κ1) is 22.5. The summed E-state index contributed by atoms with van der Waals surface area (Å²) >= 11 is 5.96. The SMILES string of the molecule is CCc1nncn1CCNC(=NC)NCC(C)Oc1cccc(Cl)c1.I. The van der Waals surface area contributed by atoms with Gasteiger partial charge < -0.3 is 19.9 Å². The molecule has 0 aliphatic heterocycles. The zero-order valence-corrected chi connectivity index (χ0v) is 18.4. The highest BCUT2D eigenvalue weighted by molar-refractivity contribution is 14.0. The molecule has 2 N–H and O–H groups in total. The molecule has 1 atom stereocenters. The van der Waals surface area contributed by atoms with Gasteiger partial charge in [-0.3, -0.25) is 4.99 Å². The van der Waals surface area contributed by atoms with E-state index in [1.54, 1.807) is 19.4 Å². The first-order valence-corrected chi connectivity index (χ1v) is 8.73. The third-order valence-corrected chi connectivity index (χ3v) is 3.81. The highest BCUT2D eigenvalue weighted by Gasteiger charge is 2.07. The Bertz CT molecular complexity index is 693. The van der Waals surface area contributed by atoms with Crippen LogP contribution in [0.2, 0.25) is 5.02 Å². The average Bonchev–Trinajstić information content (AvgIpc) is 3.05. The second-order valence-corrected chi connectivity index (χ2v) is 6.00. The number of aromatic nitrogens is 3. The van der Waals surface area contributed by atoms with Crippen LogP contribution in [0, 0.1) is 0 Å². The molecular formula is C17H26ClIN6O. The first-order valence-electron chi connectivity index (χ1n) is 8.35. The lowest BCUT2D eigenvalue weighted by Crippen LogP contribution is -2.42. The zero-order chi connectivity index (χ0) is 18.1. The monoisotopic (exact) mass is 492 g/mol. The van der Waals surface area contributed by atoms with E-state index in [9.17, 15) is 0 Å². The van der Waals surface area contributed by atoms with Crippen LogP contribution in [-0.2, 0) is 13.0 Å². The van der Waals surface area contributed by atoms with E-state index in [-0.39, 0.29) is 30.1 Å². The molecule has 144 valence electrons. The molecule has 0 radical (unpaired) electrons. The van der Waals surface area contributed by atoms with Gasteiger partial charge in [-0.15, -0.1) is 34.2 Å². The summed E-state index contributed by atoms with van der Waals surface area (Å²) in [6.45, 7) is 6.19. The molecule has 1 aromatic heterocycles. The van der Waals surface area contributed by atoms with E-state index < -0.39 is 0 Å². The minimum atomic E-state index is -0.0263. The van der Waals surface area contributed by atoms with Crippen molar-refractivity contribution in [3.05, 3.63) is 41.4 Å². The maximum Gasteiger partial charge on any atom is 0.191 e. The number of ether oxygens (including phenoxy) is 1. The van der Waals surface area contributed by atoms with E-state index in [2.05, 4.69) is 32.7 Å². The van der Waals surface area contributed by atoms with Crippen LogP contribution in [0.15, 0.2) is 35.6 Å².